The van der Waals surface area contributed by atoms with Gasteiger partial charge in [0.25, 0.3) is 0 Å². The average molecular weight is 308 g/mol. The first-order chi connectivity index (χ1) is 11.3. The zero-order chi connectivity index (χ0) is 15.7. The maximum atomic E-state index is 10.9. The maximum Gasteiger partial charge on any atom is 0.209 e. The highest BCUT2D eigenvalue weighted by atomic mass is 16.5. The number of likely N-dealkylation sites (tertiary alicyclic amines) is 1. The SMILES string of the molecule is O=CN1CCC2(CCc3cc(-c4ccncc4)ccc3O2)CC1. The normalized spacial score (nSPS) is 19.0. The minimum Gasteiger partial charge on any atom is -0.487 e. The van der Waals surface area contributed by atoms with Crippen molar-refractivity contribution in [3.05, 3.63) is 48.3 Å². The maximum absolute atomic E-state index is 10.9. The molecule has 2 aliphatic heterocycles. The second-order valence-electron chi connectivity index (χ2n) is 6.48. The van der Waals surface area contributed by atoms with E-state index in [1.807, 2.05) is 29.4 Å². The molecular weight excluding hydrogens is 288 g/mol. The lowest BCUT2D eigenvalue weighted by molar-refractivity contribution is -0.121. The molecule has 0 radical (unpaired) electrons. The zero-order valence-corrected chi connectivity index (χ0v) is 13.1. The Balaban J connectivity index is 1.56. The van der Waals surface area contributed by atoms with Crippen LogP contribution in [0.4, 0.5) is 0 Å². The zero-order valence-electron chi connectivity index (χ0n) is 13.1. The van der Waals surface area contributed by atoms with Gasteiger partial charge in [-0.2, -0.15) is 0 Å². The van der Waals surface area contributed by atoms with Crippen LogP contribution in [0.5, 0.6) is 5.75 Å². The molecule has 3 heterocycles. The van der Waals surface area contributed by atoms with Crippen molar-refractivity contribution >= 4 is 6.41 Å². The van der Waals surface area contributed by atoms with Gasteiger partial charge in [-0.3, -0.25) is 9.78 Å². The summed E-state index contributed by atoms with van der Waals surface area (Å²) in [6.45, 7) is 1.60. The van der Waals surface area contributed by atoms with Crippen LogP contribution in [0.2, 0.25) is 0 Å². The number of aryl methyl sites for hydroxylation is 1. The summed E-state index contributed by atoms with van der Waals surface area (Å²) in [6.07, 6.45) is 8.52. The summed E-state index contributed by atoms with van der Waals surface area (Å²) in [4.78, 5) is 16.8. The van der Waals surface area contributed by atoms with Crippen LogP contribution in [0.25, 0.3) is 11.1 Å². The fraction of sp³-hybridized carbons (Fsp3) is 0.368. The summed E-state index contributed by atoms with van der Waals surface area (Å²) >= 11 is 0. The summed E-state index contributed by atoms with van der Waals surface area (Å²) in [5.74, 6) is 1.01. The Kier molecular flexibility index (Phi) is 3.52. The van der Waals surface area contributed by atoms with Gasteiger partial charge in [0, 0.05) is 38.3 Å². The monoisotopic (exact) mass is 308 g/mol. The lowest BCUT2D eigenvalue weighted by Gasteiger charge is -2.43. The Bertz CT molecular complexity index is 707. The van der Waals surface area contributed by atoms with Gasteiger partial charge < -0.3 is 9.64 Å². The Morgan fingerprint density at radius 1 is 1.04 bits per heavy atom. The van der Waals surface area contributed by atoms with Gasteiger partial charge in [0.05, 0.1) is 0 Å². The van der Waals surface area contributed by atoms with Crippen molar-refractivity contribution < 1.29 is 9.53 Å². The third-order valence-electron chi connectivity index (χ3n) is 5.11. The molecule has 1 aromatic heterocycles. The second-order valence-corrected chi connectivity index (χ2v) is 6.48. The number of amides is 1. The van der Waals surface area contributed by atoms with E-state index in [-0.39, 0.29) is 5.60 Å². The molecule has 1 fully saturated rings. The Morgan fingerprint density at radius 3 is 2.57 bits per heavy atom. The quantitative estimate of drug-likeness (QED) is 0.801. The molecule has 1 saturated heterocycles. The summed E-state index contributed by atoms with van der Waals surface area (Å²) in [5, 5.41) is 0. The molecule has 4 nitrogen and oxygen atoms in total. The Morgan fingerprint density at radius 2 is 1.83 bits per heavy atom. The van der Waals surface area contributed by atoms with Crippen LogP contribution >= 0.6 is 0 Å². The average Bonchev–Trinajstić information content (AvgIpc) is 2.63. The third-order valence-corrected chi connectivity index (χ3v) is 5.11. The molecule has 0 N–H and O–H groups in total. The summed E-state index contributed by atoms with van der Waals surface area (Å²) in [5.41, 5.74) is 3.59. The molecule has 0 unspecified atom stereocenters. The first-order valence-corrected chi connectivity index (χ1v) is 8.20. The van der Waals surface area contributed by atoms with Gasteiger partial charge in [0.1, 0.15) is 11.4 Å². The van der Waals surface area contributed by atoms with Gasteiger partial charge in [-0.15, -0.1) is 0 Å². The third kappa shape index (κ3) is 2.69. The van der Waals surface area contributed by atoms with Crippen molar-refractivity contribution in [2.24, 2.45) is 0 Å². The lowest BCUT2D eigenvalue weighted by Crippen LogP contribution is -2.49. The van der Waals surface area contributed by atoms with Crippen LogP contribution < -0.4 is 4.74 Å². The van der Waals surface area contributed by atoms with Gasteiger partial charge in [-0.05, 0) is 53.8 Å². The molecule has 2 aliphatic rings. The van der Waals surface area contributed by atoms with E-state index in [0.717, 1.165) is 50.9 Å². The van der Waals surface area contributed by atoms with Crippen molar-refractivity contribution in [3.63, 3.8) is 0 Å². The van der Waals surface area contributed by atoms with Gasteiger partial charge in [0.2, 0.25) is 6.41 Å². The van der Waals surface area contributed by atoms with E-state index in [2.05, 4.69) is 23.2 Å². The lowest BCUT2D eigenvalue weighted by atomic mass is 9.83. The highest BCUT2D eigenvalue weighted by molar-refractivity contribution is 5.65. The van der Waals surface area contributed by atoms with E-state index in [9.17, 15) is 4.79 Å². The second kappa shape index (κ2) is 5.69. The van der Waals surface area contributed by atoms with Gasteiger partial charge in [-0.25, -0.2) is 0 Å². The highest BCUT2D eigenvalue weighted by Gasteiger charge is 2.39. The number of carbonyl (C=O) groups excluding carboxylic acids is 1. The molecule has 0 atom stereocenters. The minimum atomic E-state index is -0.0787. The van der Waals surface area contributed by atoms with Crippen LogP contribution in [0.15, 0.2) is 42.7 Å². The van der Waals surface area contributed by atoms with Crippen LogP contribution in [0, 0.1) is 0 Å². The molecular formula is C19H20N2O2. The number of piperidine rings is 1. The van der Waals surface area contributed by atoms with Crippen molar-refractivity contribution in [2.45, 2.75) is 31.3 Å². The Labute approximate surface area is 136 Å². The van der Waals surface area contributed by atoms with Gasteiger partial charge in [-0.1, -0.05) is 6.07 Å². The number of ether oxygens (including phenoxy) is 1. The predicted octanol–water partition coefficient (Wildman–Crippen LogP) is 3.06. The van der Waals surface area contributed by atoms with Crippen LogP contribution in [0.1, 0.15) is 24.8 Å². The number of carbonyl (C=O) groups is 1. The number of hydrogen-bond acceptors (Lipinski definition) is 3. The standard InChI is InChI=1S/C19H20N2O2/c22-14-21-11-7-19(8-12-21)6-3-17-13-16(1-2-18(17)23-19)15-4-9-20-10-5-15/h1-2,4-5,9-10,13-14H,3,6-8,11-12H2. The molecule has 1 spiro atoms. The molecule has 1 aromatic carbocycles. The van der Waals surface area contributed by atoms with Crippen LogP contribution in [-0.2, 0) is 11.2 Å². The molecule has 2 aromatic rings. The molecule has 1 amide bonds. The summed E-state index contributed by atoms with van der Waals surface area (Å²) in [6, 6.07) is 10.5. The number of hydrogen-bond donors (Lipinski definition) is 0. The minimum absolute atomic E-state index is 0.0787. The van der Waals surface area contributed by atoms with Crippen LogP contribution in [-0.4, -0.2) is 35.0 Å². The molecule has 0 bridgehead atoms. The smallest absolute Gasteiger partial charge is 0.209 e. The van der Waals surface area contributed by atoms with Crippen molar-refractivity contribution in [1.82, 2.24) is 9.88 Å². The summed E-state index contributed by atoms with van der Waals surface area (Å²) in [7, 11) is 0. The van der Waals surface area contributed by atoms with Crippen molar-refractivity contribution in [1.29, 1.82) is 0 Å². The molecule has 4 rings (SSSR count). The number of pyridine rings is 1. The number of fused-ring (bicyclic) bond motifs is 1. The molecule has 4 heteroatoms. The van der Waals surface area contributed by atoms with E-state index < -0.39 is 0 Å². The largest absolute Gasteiger partial charge is 0.487 e. The predicted molar refractivity (Wildman–Crippen MR) is 88.2 cm³/mol. The molecule has 23 heavy (non-hydrogen) atoms. The number of benzene rings is 1. The first-order valence-electron chi connectivity index (χ1n) is 8.20. The van der Waals surface area contributed by atoms with E-state index in [1.54, 1.807) is 0 Å². The van der Waals surface area contributed by atoms with Gasteiger partial charge >= 0.3 is 0 Å². The van der Waals surface area contributed by atoms with E-state index >= 15 is 0 Å². The molecule has 118 valence electrons. The number of nitrogens with zero attached hydrogens (tertiary/aromatic N) is 2. The first kappa shape index (κ1) is 14.2. The van der Waals surface area contributed by atoms with Crippen LogP contribution in [0.3, 0.4) is 0 Å². The number of aromatic nitrogens is 1. The fourth-order valence-corrected chi connectivity index (χ4v) is 3.63. The summed E-state index contributed by atoms with van der Waals surface area (Å²) < 4.78 is 6.39. The van der Waals surface area contributed by atoms with E-state index in [4.69, 9.17) is 4.74 Å². The topological polar surface area (TPSA) is 42.4 Å². The molecule has 0 saturated carbocycles. The van der Waals surface area contributed by atoms with Crippen molar-refractivity contribution in [2.75, 3.05) is 13.1 Å². The highest BCUT2D eigenvalue weighted by Crippen LogP contribution is 2.40. The molecule has 0 aliphatic carbocycles. The fourth-order valence-electron chi connectivity index (χ4n) is 3.63. The van der Waals surface area contributed by atoms with Gasteiger partial charge in [0.15, 0.2) is 0 Å². The van der Waals surface area contributed by atoms with Crippen molar-refractivity contribution in [3.8, 4) is 16.9 Å². The van der Waals surface area contributed by atoms with E-state index in [1.165, 1.54) is 16.7 Å². The Hall–Kier alpha value is -2.36. The van der Waals surface area contributed by atoms with E-state index in [0.29, 0.717) is 0 Å². The number of rotatable bonds is 2.